The fourth-order valence-electron chi connectivity index (χ4n) is 2.70. The molecule has 1 unspecified atom stereocenters. The van der Waals surface area contributed by atoms with Gasteiger partial charge in [-0.3, -0.25) is 9.98 Å². The van der Waals surface area contributed by atoms with Crippen LogP contribution in [0.3, 0.4) is 0 Å². The van der Waals surface area contributed by atoms with Gasteiger partial charge >= 0.3 is 0 Å². The number of nitrogens with zero attached hydrogens (tertiary/aromatic N) is 5. The monoisotopic (exact) mass is 361 g/mol. The number of aryl methyl sites for hydroxylation is 1. The van der Waals surface area contributed by atoms with Gasteiger partial charge in [0.1, 0.15) is 24.0 Å². The van der Waals surface area contributed by atoms with Gasteiger partial charge < -0.3 is 15.2 Å². The second kappa shape index (κ2) is 9.84. The van der Waals surface area contributed by atoms with E-state index in [1.54, 1.807) is 13.4 Å². The second-order valence-electron chi connectivity index (χ2n) is 6.00. The summed E-state index contributed by atoms with van der Waals surface area (Å²) in [6.07, 6.45) is 6.24. The summed E-state index contributed by atoms with van der Waals surface area (Å²) in [5.41, 5.74) is 2.53. The average molecular weight is 361 g/mol. The van der Waals surface area contributed by atoms with Gasteiger partial charge in [-0.25, -0.2) is 14.4 Å². The van der Waals surface area contributed by atoms with E-state index in [9.17, 15) is 4.39 Å². The molecule has 0 bridgehead atoms. The number of hydrogen-bond acceptors (Lipinski definition) is 6. The molecule has 26 heavy (non-hydrogen) atoms. The van der Waals surface area contributed by atoms with Crippen LogP contribution in [-0.2, 0) is 7.05 Å². The summed E-state index contributed by atoms with van der Waals surface area (Å²) in [5, 5.41) is 6.62. The summed E-state index contributed by atoms with van der Waals surface area (Å²) in [7, 11) is 3.67. The van der Waals surface area contributed by atoms with Crippen LogP contribution in [0.15, 0.2) is 33.1 Å². The van der Waals surface area contributed by atoms with Crippen LogP contribution in [0.5, 0.6) is 0 Å². The number of hydrogen-bond donors (Lipinski definition) is 2. The molecule has 1 aliphatic heterocycles. The van der Waals surface area contributed by atoms with Crippen molar-refractivity contribution in [1.29, 1.82) is 0 Å². The third-order valence-corrected chi connectivity index (χ3v) is 4.06. The average Bonchev–Trinajstić information content (AvgIpc) is 2.97. The van der Waals surface area contributed by atoms with Crippen LogP contribution in [0.25, 0.3) is 0 Å². The number of alkyl halides is 1. The summed E-state index contributed by atoms with van der Waals surface area (Å²) in [4.78, 5) is 17.3. The van der Waals surface area contributed by atoms with E-state index in [-0.39, 0.29) is 6.54 Å². The third-order valence-electron chi connectivity index (χ3n) is 4.06. The molecule has 1 aromatic heterocycles. The Morgan fingerprint density at radius 2 is 2.31 bits per heavy atom. The Balaban J connectivity index is 2.44. The van der Waals surface area contributed by atoms with Gasteiger partial charge in [0, 0.05) is 20.6 Å². The van der Waals surface area contributed by atoms with Crippen molar-refractivity contribution in [3.8, 4) is 0 Å². The summed E-state index contributed by atoms with van der Waals surface area (Å²) < 4.78 is 15.7. The van der Waals surface area contributed by atoms with Gasteiger partial charge in [0.15, 0.2) is 5.84 Å². The fourth-order valence-corrected chi connectivity index (χ4v) is 2.70. The number of rotatable bonds is 4. The Bertz CT molecular complexity index is 715. The maximum absolute atomic E-state index is 13.8. The summed E-state index contributed by atoms with van der Waals surface area (Å²) in [6.45, 7) is 4.74. The standard InChI is InChI=1S/C18H28FN7/c1-5-7-15(14(6-2)20-3)25-17-16-18(26(4)12-24-16)22-9-8-13(19)10-21-11-23-17/h7,11-13,22H,5-6,8-10H2,1-4H3,(H,21,23,25)/b15-7+,20-14?. The van der Waals surface area contributed by atoms with Crippen molar-refractivity contribution in [2.75, 3.05) is 25.5 Å². The van der Waals surface area contributed by atoms with Crippen LogP contribution in [0.1, 0.15) is 38.8 Å². The molecule has 8 heteroatoms. The third kappa shape index (κ3) is 5.00. The highest BCUT2D eigenvalue weighted by molar-refractivity contribution is 6.10. The number of allylic oxidation sites excluding steroid dienone is 2. The minimum absolute atomic E-state index is 0.108. The largest absolute Gasteiger partial charge is 0.369 e. The Hall–Kier alpha value is -2.51. The van der Waals surface area contributed by atoms with Gasteiger partial charge in [0.2, 0.25) is 0 Å². The van der Waals surface area contributed by atoms with E-state index in [0.29, 0.717) is 24.5 Å². The highest BCUT2D eigenvalue weighted by Crippen LogP contribution is 2.16. The lowest BCUT2D eigenvalue weighted by molar-refractivity contribution is 0.330. The first-order chi connectivity index (χ1) is 12.6. The second-order valence-corrected chi connectivity index (χ2v) is 6.00. The van der Waals surface area contributed by atoms with Crippen LogP contribution < -0.4 is 10.6 Å². The van der Waals surface area contributed by atoms with E-state index in [2.05, 4.69) is 50.5 Å². The zero-order valence-electron chi connectivity index (χ0n) is 16.0. The normalized spacial score (nSPS) is 19.3. The number of fused-ring (bicyclic) bond motifs is 1. The Labute approximate surface area is 154 Å². The maximum Gasteiger partial charge on any atom is 0.162 e. The van der Waals surface area contributed by atoms with E-state index in [1.165, 1.54) is 6.34 Å². The number of amidine groups is 1. The predicted octanol–water partition coefficient (Wildman–Crippen LogP) is 2.71. The van der Waals surface area contributed by atoms with Crippen molar-refractivity contribution in [2.24, 2.45) is 22.0 Å². The van der Waals surface area contributed by atoms with Crippen molar-refractivity contribution in [3.05, 3.63) is 23.8 Å². The molecule has 0 aliphatic carbocycles. The lowest BCUT2D eigenvalue weighted by atomic mass is 10.1. The number of anilines is 1. The highest BCUT2D eigenvalue weighted by Gasteiger charge is 2.18. The molecule has 0 amide bonds. The van der Waals surface area contributed by atoms with Gasteiger partial charge in [-0.2, -0.15) is 0 Å². The lowest BCUT2D eigenvalue weighted by Gasteiger charge is -2.15. The Kier molecular flexibility index (Phi) is 7.50. The fraction of sp³-hybridized carbons (Fsp3) is 0.556. The highest BCUT2D eigenvalue weighted by atomic mass is 19.1. The molecule has 2 N–H and O–H groups in total. The zero-order valence-corrected chi connectivity index (χ0v) is 16.0. The van der Waals surface area contributed by atoms with Crippen LogP contribution in [0.2, 0.25) is 0 Å². The molecule has 7 nitrogen and oxygen atoms in total. The number of aromatic nitrogens is 2. The first-order valence-corrected chi connectivity index (χ1v) is 8.99. The molecule has 0 saturated carbocycles. The summed E-state index contributed by atoms with van der Waals surface area (Å²) >= 11 is 0. The summed E-state index contributed by atoms with van der Waals surface area (Å²) in [6, 6.07) is 0. The first kappa shape index (κ1) is 19.8. The van der Waals surface area contributed by atoms with Gasteiger partial charge in [0.05, 0.1) is 24.3 Å². The zero-order chi connectivity index (χ0) is 18.9. The minimum atomic E-state index is -0.991. The molecule has 0 aromatic carbocycles. The quantitative estimate of drug-likeness (QED) is 0.810. The predicted molar refractivity (Wildman–Crippen MR) is 106 cm³/mol. The Morgan fingerprint density at radius 1 is 1.50 bits per heavy atom. The van der Waals surface area contributed by atoms with Gasteiger partial charge in [-0.05, 0) is 19.3 Å². The van der Waals surface area contributed by atoms with Crippen molar-refractivity contribution >= 4 is 23.7 Å². The molecule has 1 atom stereocenters. The number of imidazole rings is 1. The smallest absolute Gasteiger partial charge is 0.162 e. The van der Waals surface area contributed by atoms with Crippen LogP contribution >= 0.6 is 0 Å². The molecule has 2 heterocycles. The van der Waals surface area contributed by atoms with Crippen LogP contribution in [0, 0.1) is 0 Å². The molecular formula is C18H28FN7. The molecule has 0 spiro atoms. The molecule has 0 radical (unpaired) electrons. The number of nitrogens with one attached hydrogen (secondary N) is 2. The molecule has 1 aromatic rings. The lowest BCUT2D eigenvalue weighted by Crippen LogP contribution is -2.29. The topological polar surface area (TPSA) is 79.0 Å². The molecule has 2 rings (SSSR count). The van der Waals surface area contributed by atoms with Crippen molar-refractivity contribution in [3.63, 3.8) is 0 Å². The van der Waals surface area contributed by atoms with E-state index in [0.717, 1.165) is 30.1 Å². The molecule has 1 aliphatic rings. The Morgan fingerprint density at radius 3 is 3.00 bits per heavy atom. The first-order valence-electron chi connectivity index (χ1n) is 8.99. The molecule has 142 valence electrons. The molecule has 0 saturated heterocycles. The number of aliphatic imine (C=N–C) groups is 3. The summed E-state index contributed by atoms with van der Waals surface area (Å²) in [5.74, 6) is 1.35. The minimum Gasteiger partial charge on any atom is -0.369 e. The van der Waals surface area contributed by atoms with Gasteiger partial charge in [-0.15, -0.1) is 0 Å². The van der Waals surface area contributed by atoms with Gasteiger partial charge in [0.25, 0.3) is 0 Å². The molecular weight excluding hydrogens is 333 g/mol. The van der Waals surface area contributed by atoms with Crippen LogP contribution in [0.4, 0.5) is 10.2 Å². The van der Waals surface area contributed by atoms with E-state index < -0.39 is 6.17 Å². The SMILES string of the molecule is CC/C=C(/NC1=NC=NCC(F)CCNc2c1ncn2C)C(CC)=NC. The van der Waals surface area contributed by atoms with E-state index in [1.807, 2.05) is 11.6 Å². The van der Waals surface area contributed by atoms with E-state index >= 15 is 0 Å². The van der Waals surface area contributed by atoms with Crippen LogP contribution in [-0.4, -0.2) is 53.7 Å². The maximum atomic E-state index is 13.8. The van der Waals surface area contributed by atoms with Crippen molar-refractivity contribution in [1.82, 2.24) is 14.9 Å². The molecule has 0 fully saturated rings. The number of halogens is 1. The van der Waals surface area contributed by atoms with Crippen molar-refractivity contribution < 1.29 is 4.39 Å². The van der Waals surface area contributed by atoms with Gasteiger partial charge in [-0.1, -0.05) is 19.9 Å². The van der Waals surface area contributed by atoms with E-state index in [4.69, 9.17) is 0 Å². The van der Waals surface area contributed by atoms with Crippen molar-refractivity contribution in [2.45, 2.75) is 39.3 Å².